The Morgan fingerprint density at radius 3 is 2.64 bits per heavy atom. The molecule has 82 valence electrons. The molecule has 1 aromatic rings. The summed E-state index contributed by atoms with van der Waals surface area (Å²) in [5, 5.41) is 6.94. The van der Waals surface area contributed by atoms with Gasteiger partial charge in [0, 0.05) is 18.5 Å². The van der Waals surface area contributed by atoms with Gasteiger partial charge in [0.2, 0.25) is 0 Å². The average Bonchev–Trinajstić information content (AvgIpc) is 2.96. The minimum absolute atomic E-state index is 0.558. The van der Waals surface area contributed by atoms with E-state index in [0.717, 1.165) is 18.8 Å². The first kappa shape index (κ1) is 13.5. The van der Waals surface area contributed by atoms with Crippen LogP contribution in [0.4, 0.5) is 0 Å². The van der Waals surface area contributed by atoms with Crippen LogP contribution >= 0.6 is 12.6 Å². The quantitative estimate of drug-likeness (QED) is 0.708. The molecule has 2 heterocycles. The zero-order chi connectivity index (χ0) is 10.8. The third-order valence-corrected chi connectivity index (χ3v) is 1.92. The summed E-state index contributed by atoms with van der Waals surface area (Å²) in [6, 6.07) is 1.94. The molecule has 1 aromatic heterocycles. The van der Waals surface area contributed by atoms with Gasteiger partial charge in [-0.15, -0.1) is 0 Å². The molecule has 1 unspecified atom stereocenters. The summed E-state index contributed by atoms with van der Waals surface area (Å²) in [5.41, 5.74) is 0. The highest BCUT2D eigenvalue weighted by molar-refractivity contribution is 7.79. The smallest absolute Gasteiger partial charge is 0.141 e. The highest BCUT2D eigenvalue weighted by Crippen LogP contribution is 2.20. The van der Waals surface area contributed by atoms with Crippen LogP contribution in [0.1, 0.15) is 31.9 Å². The fourth-order valence-electron chi connectivity index (χ4n) is 1.33. The molecule has 0 bridgehead atoms. The molecule has 0 aromatic carbocycles. The minimum atomic E-state index is 0.558. The summed E-state index contributed by atoms with van der Waals surface area (Å²) < 4.78 is 5.03. The first-order valence-electron chi connectivity index (χ1n) is 5.03. The maximum absolute atomic E-state index is 5.03. The maximum Gasteiger partial charge on any atom is 0.141 e. The predicted molar refractivity (Wildman–Crippen MR) is 63.0 cm³/mol. The topological polar surface area (TPSA) is 38.1 Å². The van der Waals surface area contributed by atoms with Crippen LogP contribution in [-0.2, 0) is 0 Å². The van der Waals surface area contributed by atoms with E-state index in [0.29, 0.717) is 5.92 Å². The predicted octanol–water partition coefficient (Wildman–Crippen LogP) is 2.32. The molecule has 0 amide bonds. The fraction of sp³-hybridized carbons (Fsp3) is 0.700. The largest absolute Gasteiger partial charge is 0.361 e. The Morgan fingerprint density at radius 1 is 1.50 bits per heavy atom. The summed E-state index contributed by atoms with van der Waals surface area (Å²) in [5.74, 6) is 1.58. The first-order valence-corrected chi connectivity index (χ1v) is 5.92. The monoisotopic (exact) mass is 216 g/mol. The summed E-state index contributed by atoms with van der Waals surface area (Å²) >= 11 is 3.53. The maximum atomic E-state index is 5.03. The van der Waals surface area contributed by atoms with Crippen molar-refractivity contribution < 1.29 is 4.52 Å². The lowest BCUT2D eigenvalue weighted by Crippen LogP contribution is -2.07. The van der Waals surface area contributed by atoms with E-state index in [1.165, 1.54) is 6.42 Å². The van der Waals surface area contributed by atoms with E-state index in [1.54, 1.807) is 12.5 Å². The zero-order valence-electron chi connectivity index (χ0n) is 9.16. The van der Waals surface area contributed by atoms with Gasteiger partial charge in [0.25, 0.3) is 0 Å². The van der Waals surface area contributed by atoms with Crippen LogP contribution in [0.3, 0.4) is 0 Å². The van der Waals surface area contributed by atoms with Crippen molar-refractivity contribution in [2.75, 3.05) is 19.3 Å². The van der Waals surface area contributed by atoms with Crippen LogP contribution in [0.5, 0.6) is 0 Å². The van der Waals surface area contributed by atoms with Gasteiger partial charge >= 0.3 is 0 Å². The van der Waals surface area contributed by atoms with Gasteiger partial charge in [-0.1, -0.05) is 19.0 Å². The summed E-state index contributed by atoms with van der Waals surface area (Å²) in [7, 11) is 0. The number of nitrogens with one attached hydrogen (secondary N) is 1. The second kappa shape index (κ2) is 9.09. The molecule has 0 radical (unpaired) electrons. The third kappa shape index (κ3) is 4.15. The summed E-state index contributed by atoms with van der Waals surface area (Å²) in [4.78, 5) is 0. The van der Waals surface area contributed by atoms with E-state index in [1.807, 2.05) is 19.9 Å². The minimum Gasteiger partial charge on any atom is -0.361 e. The van der Waals surface area contributed by atoms with Crippen molar-refractivity contribution in [2.24, 2.45) is 0 Å². The van der Waals surface area contributed by atoms with Crippen molar-refractivity contribution in [3.8, 4) is 0 Å². The molecule has 1 aliphatic rings. The normalized spacial score (nSPS) is 19.0. The first-order chi connectivity index (χ1) is 6.97. The van der Waals surface area contributed by atoms with E-state index in [2.05, 4.69) is 23.1 Å². The molecule has 1 aliphatic heterocycles. The van der Waals surface area contributed by atoms with E-state index in [9.17, 15) is 0 Å². The molecule has 0 spiro atoms. The van der Waals surface area contributed by atoms with Crippen molar-refractivity contribution >= 4 is 12.6 Å². The van der Waals surface area contributed by atoms with Crippen molar-refractivity contribution in [3.05, 3.63) is 18.0 Å². The molecule has 1 saturated heterocycles. The molecular weight excluding hydrogens is 196 g/mol. The molecule has 1 N–H and O–H groups in total. The van der Waals surface area contributed by atoms with E-state index in [4.69, 9.17) is 4.52 Å². The van der Waals surface area contributed by atoms with Gasteiger partial charge in [-0.3, -0.25) is 0 Å². The van der Waals surface area contributed by atoms with Crippen molar-refractivity contribution in [1.29, 1.82) is 0 Å². The van der Waals surface area contributed by atoms with Crippen LogP contribution < -0.4 is 5.32 Å². The lowest BCUT2D eigenvalue weighted by molar-refractivity contribution is 0.365. The molecular formula is C10H20N2OS. The standard InChI is InChI=1S/C7H10N2O.C2H6.CH4S/c1-3-8-5-6(1)7-2-4-9-10-7;2*1-2/h2,4,6,8H,1,3,5H2;1-2H3;2H,1H3. The Balaban J connectivity index is 0.000000379. The SMILES string of the molecule is CC.CS.c1cc(C2CCNC2)on1. The molecule has 3 nitrogen and oxygen atoms in total. The second-order valence-electron chi connectivity index (χ2n) is 2.60. The molecule has 4 heteroatoms. The number of thiol groups is 1. The van der Waals surface area contributed by atoms with Gasteiger partial charge in [-0.2, -0.15) is 12.6 Å². The Morgan fingerprint density at radius 2 is 2.21 bits per heavy atom. The van der Waals surface area contributed by atoms with Gasteiger partial charge < -0.3 is 9.84 Å². The van der Waals surface area contributed by atoms with Crippen LogP contribution in [0.2, 0.25) is 0 Å². The zero-order valence-corrected chi connectivity index (χ0v) is 10.1. The molecule has 14 heavy (non-hydrogen) atoms. The highest BCUT2D eigenvalue weighted by Gasteiger charge is 2.18. The Labute approximate surface area is 91.7 Å². The van der Waals surface area contributed by atoms with Crippen molar-refractivity contribution in [1.82, 2.24) is 10.5 Å². The van der Waals surface area contributed by atoms with Crippen LogP contribution in [0.15, 0.2) is 16.8 Å². The van der Waals surface area contributed by atoms with Gasteiger partial charge in [-0.05, 0) is 19.2 Å². The lowest BCUT2D eigenvalue weighted by Gasteiger charge is -1.99. The van der Waals surface area contributed by atoms with Crippen LogP contribution in [-0.4, -0.2) is 24.5 Å². The van der Waals surface area contributed by atoms with Crippen molar-refractivity contribution in [3.63, 3.8) is 0 Å². The lowest BCUT2D eigenvalue weighted by atomic mass is 10.1. The fourth-order valence-corrected chi connectivity index (χ4v) is 1.33. The van der Waals surface area contributed by atoms with Gasteiger partial charge in [0.15, 0.2) is 0 Å². The third-order valence-electron chi connectivity index (χ3n) is 1.92. The Kier molecular flexibility index (Phi) is 8.78. The summed E-state index contributed by atoms with van der Waals surface area (Å²) in [6.45, 7) is 6.14. The van der Waals surface area contributed by atoms with Gasteiger partial charge in [0.05, 0.1) is 6.20 Å². The van der Waals surface area contributed by atoms with E-state index in [-0.39, 0.29) is 0 Å². The molecule has 0 saturated carbocycles. The van der Waals surface area contributed by atoms with Crippen LogP contribution in [0.25, 0.3) is 0 Å². The Hall–Kier alpha value is -0.480. The highest BCUT2D eigenvalue weighted by atomic mass is 32.1. The number of hydrogen-bond donors (Lipinski definition) is 2. The van der Waals surface area contributed by atoms with E-state index >= 15 is 0 Å². The summed E-state index contributed by atoms with van der Waals surface area (Å²) in [6.07, 6.45) is 4.57. The van der Waals surface area contributed by atoms with Crippen molar-refractivity contribution in [2.45, 2.75) is 26.2 Å². The Bertz CT molecular complexity index is 196. The van der Waals surface area contributed by atoms with Crippen LogP contribution in [0, 0.1) is 0 Å². The number of rotatable bonds is 1. The number of nitrogens with zero attached hydrogens (tertiary/aromatic N) is 1. The molecule has 0 aliphatic carbocycles. The second-order valence-corrected chi connectivity index (χ2v) is 2.60. The van der Waals surface area contributed by atoms with E-state index < -0.39 is 0 Å². The molecule has 1 atom stereocenters. The molecule has 1 fully saturated rings. The van der Waals surface area contributed by atoms with Gasteiger partial charge in [-0.25, -0.2) is 0 Å². The molecule has 2 rings (SSSR count). The number of aromatic nitrogens is 1. The van der Waals surface area contributed by atoms with Gasteiger partial charge in [0.1, 0.15) is 5.76 Å². The average molecular weight is 216 g/mol. The number of hydrogen-bond acceptors (Lipinski definition) is 4.